The number of aromatic nitrogens is 3. The van der Waals surface area contributed by atoms with Crippen molar-refractivity contribution in [2.75, 3.05) is 5.75 Å². The minimum atomic E-state index is -0.126. The molecule has 0 fully saturated rings. The zero-order valence-electron chi connectivity index (χ0n) is 14.4. The Morgan fingerprint density at radius 3 is 2.54 bits per heavy atom. The number of nitrogens with zero attached hydrogens (tertiary/aromatic N) is 3. The Kier molecular flexibility index (Phi) is 6.46. The van der Waals surface area contributed by atoms with Crippen molar-refractivity contribution in [3.05, 3.63) is 70.5 Å². The van der Waals surface area contributed by atoms with Crippen molar-refractivity contribution in [2.45, 2.75) is 25.0 Å². The molecule has 0 aliphatic rings. The van der Waals surface area contributed by atoms with E-state index < -0.39 is 0 Å². The molecule has 1 aromatic heterocycles. The van der Waals surface area contributed by atoms with Gasteiger partial charge in [0.05, 0.1) is 6.54 Å². The normalized spacial score (nSPS) is 10.7. The van der Waals surface area contributed by atoms with Crippen LogP contribution in [0.4, 0.5) is 0 Å². The van der Waals surface area contributed by atoms with Gasteiger partial charge in [0.25, 0.3) is 5.91 Å². The average molecular weight is 431 g/mol. The van der Waals surface area contributed by atoms with E-state index in [1.807, 2.05) is 47.0 Å². The summed E-state index contributed by atoms with van der Waals surface area (Å²) < 4.78 is 3.01. The molecule has 1 amide bonds. The summed E-state index contributed by atoms with van der Waals surface area (Å²) in [5, 5.41) is 12.4. The minimum absolute atomic E-state index is 0.126. The molecule has 0 bridgehead atoms. The van der Waals surface area contributed by atoms with Crippen LogP contribution in [-0.2, 0) is 6.54 Å². The summed E-state index contributed by atoms with van der Waals surface area (Å²) in [6.45, 7) is 2.44. The highest BCUT2D eigenvalue weighted by Crippen LogP contribution is 2.24. The van der Waals surface area contributed by atoms with Gasteiger partial charge >= 0.3 is 0 Å². The lowest BCUT2D eigenvalue weighted by Crippen LogP contribution is -2.24. The van der Waals surface area contributed by atoms with Gasteiger partial charge in [-0.05, 0) is 42.8 Å². The Bertz CT molecular complexity index is 865. The Morgan fingerprint density at radius 1 is 1.12 bits per heavy atom. The van der Waals surface area contributed by atoms with Gasteiger partial charge in [-0.3, -0.25) is 9.36 Å². The van der Waals surface area contributed by atoms with Gasteiger partial charge in [0, 0.05) is 21.5 Å². The number of carbonyl (C=O) groups excluding carboxylic acids is 1. The molecule has 0 atom stereocenters. The molecule has 0 unspecified atom stereocenters. The van der Waals surface area contributed by atoms with Gasteiger partial charge < -0.3 is 5.32 Å². The van der Waals surface area contributed by atoms with Crippen molar-refractivity contribution in [3.63, 3.8) is 0 Å². The molecule has 5 nitrogen and oxygen atoms in total. The van der Waals surface area contributed by atoms with E-state index in [2.05, 4.69) is 38.4 Å². The van der Waals surface area contributed by atoms with Gasteiger partial charge in [-0.2, -0.15) is 0 Å². The molecule has 134 valence electrons. The number of thioether (sulfide) groups is 1. The minimum Gasteiger partial charge on any atom is -0.345 e. The van der Waals surface area contributed by atoms with Crippen LogP contribution in [0.3, 0.4) is 0 Å². The molecule has 0 saturated heterocycles. The third-order valence-electron chi connectivity index (χ3n) is 3.66. The number of nitrogens with one attached hydrogen (secondary N) is 1. The lowest BCUT2D eigenvalue weighted by atomic mass is 10.2. The second-order valence-corrected chi connectivity index (χ2v) is 7.59. The van der Waals surface area contributed by atoms with Crippen molar-refractivity contribution in [2.24, 2.45) is 0 Å². The van der Waals surface area contributed by atoms with E-state index in [1.54, 1.807) is 23.9 Å². The van der Waals surface area contributed by atoms with Gasteiger partial charge in [0.15, 0.2) is 11.0 Å². The summed E-state index contributed by atoms with van der Waals surface area (Å²) >= 11 is 5.12. The predicted molar refractivity (Wildman–Crippen MR) is 108 cm³/mol. The highest BCUT2D eigenvalue weighted by molar-refractivity contribution is 9.10. The highest BCUT2D eigenvalue weighted by Gasteiger charge is 2.15. The fraction of sp³-hybridized carbons (Fsp3) is 0.211. The maximum absolute atomic E-state index is 12.3. The van der Waals surface area contributed by atoms with Crippen molar-refractivity contribution in [3.8, 4) is 5.69 Å². The third-order valence-corrected chi connectivity index (χ3v) is 5.33. The van der Waals surface area contributed by atoms with Gasteiger partial charge in [-0.25, -0.2) is 0 Å². The largest absolute Gasteiger partial charge is 0.345 e. The van der Waals surface area contributed by atoms with E-state index in [9.17, 15) is 4.79 Å². The first-order valence-electron chi connectivity index (χ1n) is 8.35. The number of halogens is 1. The number of hydrogen-bond acceptors (Lipinski definition) is 4. The lowest BCUT2D eigenvalue weighted by Gasteiger charge is -2.11. The van der Waals surface area contributed by atoms with Crippen molar-refractivity contribution >= 4 is 33.6 Å². The number of amides is 1. The fourth-order valence-corrected chi connectivity index (χ4v) is 3.49. The summed E-state index contributed by atoms with van der Waals surface area (Å²) in [5.41, 5.74) is 1.60. The van der Waals surface area contributed by atoms with E-state index in [1.165, 1.54) is 0 Å². The van der Waals surface area contributed by atoms with Gasteiger partial charge in [-0.15, -0.1) is 10.2 Å². The second kappa shape index (κ2) is 9.00. The summed E-state index contributed by atoms with van der Waals surface area (Å²) in [6, 6.07) is 17.1. The Hall–Kier alpha value is -2.12. The van der Waals surface area contributed by atoms with Crippen LogP contribution in [0, 0.1) is 0 Å². The van der Waals surface area contributed by atoms with Crippen molar-refractivity contribution in [1.82, 2.24) is 20.1 Å². The van der Waals surface area contributed by atoms with Gasteiger partial charge in [0.1, 0.15) is 0 Å². The zero-order valence-corrected chi connectivity index (χ0v) is 16.8. The molecule has 0 aliphatic carbocycles. The first-order valence-corrected chi connectivity index (χ1v) is 10.1. The Labute approximate surface area is 165 Å². The van der Waals surface area contributed by atoms with E-state index in [0.717, 1.165) is 27.5 Å². The molecule has 1 N–H and O–H groups in total. The van der Waals surface area contributed by atoms with Crippen LogP contribution < -0.4 is 5.32 Å². The maximum atomic E-state index is 12.3. The van der Waals surface area contributed by atoms with Crippen LogP contribution >= 0.6 is 27.7 Å². The molecule has 2 aromatic carbocycles. The predicted octanol–water partition coefficient (Wildman–Crippen LogP) is 4.46. The molecule has 0 saturated carbocycles. The lowest BCUT2D eigenvalue weighted by molar-refractivity contribution is 0.0949. The van der Waals surface area contributed by atoms with E-state index in [0.29, 0.717) is 17.9 Å². The van der Waals surface area contributed by atoms with E-state index >= 15 is 0 Å². The van der Waals surface area contributed by atoms with Gasteiger partial charge in [0.2, 0.25) is 0 Å². The van der Waals surface area contributed by atoms with Crippen LogP contribution in [0.1, 0.15) is 29.5 Å². The molecule has 0 spiro atoms. The maximum Gasteiger partial charge on any atom is 0.251 e. The summed E-state index contributed by atoms with van der Waals surface area (Å²) in [7, 11) is 0. The van der Waals surface area contributed by atoms with Crippen LogP contribution in [0.15, 0.2) is 64.2 Å². The Morgan fingerprint density at radius 2 is 1.85 bits per heavy atom. The smallest absolute Gasteiger partial charge is 0.251 e. The highest BCUT2D eigenvalue weighted by atomic mass is 79.9. The summed E-state index contributed by atoms with van der Waals surface area (Å²) in [5.74, 6) is 1.54. The van der Waals surface area contributed by atoms with Gasteiger partial charge in [-0.1, -0.05) is 52.8 Å². The second-order valence-electron chi connectivity index (χ2n) is 5.61. The molecule has 0 radical (unpaired) electrons. The quantitative estimate of drug-likeness (QED) is 0.561. The Balaban J connectivity index is 1.83. The van der Waals surface area contributed by atoms with Crippen molar-refractivity contribution < 1.29 is 4.79 Å². The average Bonchev–Trinajstić information content (AvgIpc) is 3.08. The topological polar surface area (TPSA) is 59.8 Å². The first kappa shape index (κ1) is 18.7. The fourth-order valence-electron chi connectivity index (χ4n) is 2.40. The van der Waals surface area contributed by atoms with Crippen LogP contribution in [0.2, 0.25) is 0 Å². The molecular weight excluding hydrogens is 412 g/mol. The molecule has 26 heavy (non-hydrogen) atoms. The standard InChI is InChI=1S/C19H19BrN4OS/c1-2-12-26-19-23-22-17(24(19)16-10-8-15(20)9-11-16)13-21-18(25)14-6-4-3-5-7-14/h3-11H,2,12-13H2,1H3,(H,21,25). The number of rotatable bonds is 7. The summed E-state index contributed by atoms with van der Waals surface area (Å²) in [6.07, 6.45) is 1.05. The molecule has 0 aliphatic heterocycles. The number of hydrogen-bond donors (Lipinski definition) is 1. The molecule has 1 heterocycles. The number of carbonyl (C=O) groups is 1. The van der Waals surface area contributed by atoms with Crippen molar-refractivity contribution in [1.29, 1.82) is 0 Å². The van der Waals surface area contributed by atoms with Crippen LogP contribution in [0.25, 0.3) is 5.69 Å². The van der Waals surface area contributed by atoms with Crippen LogP contribution in [-0.4, -0.2) is 26.4 Å². The molecule has 3 aromatic rings. The molecular formula is C19H19BrN4OS. The molecule has 7 heteroatoms. The van der Waals surface area contributed by atoms with E-state index in [4.69, 9.17) is 0 Å². The van der Waals surface area contributed by atoms with Crippen LogP contribution in [0.5, 0.6) is 0 Å². The SMILES string of the molecule is CCCSc1nnc(CNC(=O)c2ccccc2)n1-c1ccc(Br)cc1. The third kappa shape index (κ3) is 4.53. The molecule has 3 rings (SSSR count). The first-order chi connectivity index (χ1) is 12.7. The monoisotopic (exact) mass is 430 g/mol. The summed E-state index contributed by atoms with van der Waals surface area (Å²) in [4.78, 5) is 12.3. The van der Waals surface area contributed by atoms with E-state index in [-0.39, 0.29) is 5.91 Å². The zero-order chi connectivity index (χ0) is 18.4. The number of benzene rings is 2.